The Balaban J connectivity index is 2.19. The van der Waals surface area contributed by atoms with Gasteiger partial charge in [0.2, 0.25) is 0 Å². The lowest BCUT2D eigenvalue weighted by Crippen LogP contribution is -2.37. The molecule has 114 valence electrons. The first-order valence-electron chi connectivity index (χ1n) is 7.39. The molecule has 2 heterocycles. The summed E-state index contributed by atoms with van der Waals surface area (Å²) in [5.41, 5.74) is 0.388. The molecule has 1 aliphatic carbocycles. The first-order chi connectivity index (χ1) is 10.0. The highest BCUT2D eigenvalue weighted by atomic mass is 32.1. The fraction of sp³-hybridized carbons (Fsp3) is 0.643. The summed E-state index contributed by atoms with van der Waals surface area (Å²) in [7, 11) is 3.17. The van der Waals surface area contributed by atoms with Crippen LogP contribution >= 0.6 is 12.2 Å². The van der Waals surface area contributed by atoms with Crippen LogP contribution in [-0.4, -0.2) is 18.7 Å². The van der Waals surface area contributed by atoms with Gasteiger partial charge < -0.3 is 9.55 Å². The second kappa shape index (κ2) is 5.29. The average molecular weight is 308 g/mol. The number of fused-ring (bicyclic) bond motifs is 1. The van der Waals surface area contributed by atoms with Crippen LogP contribution in [0.25, 0.3) is 11.2 Å². The van der Waals surface area contributed by atoms with Gasteiger partial charge in [0.15, 0.2) is 4.77 Å². The molecule has 0 atom stereocenters. The highest BCUT2D eigenvalue weighted by Gasteiger charge is 2.19. The maximum Gasteiger partial charge on any atom is 0.332 e. The van der Waals surface area contributed by atoms with Gasteiger partial charge in [-0.25, -0.2) is 4.79 Å². The van der Waals surface area contributed by atoms with Crippen molar-refractivity contribution in [1.29, 1.82) is 0 Å². The Labute approximate surface area is 127 Å². The number of rotatable bonds is 2. The van der Waals surface area contributed by atoms with E-state index in [1.54, 1.807) is 7.05 Å². The molecular formula is C14H20N4O2S. The Morgan fingerprint density at radius 1 is 1.14 bits per heavy atom. The number of hydrogen-bond donors (Lipinski definition) is 1. The Kier molecular flexibility index (Phi) is 3.61. The largest absolute Gasteiger partial charge is 0.332 e. The molecule has 0 aliphatic heterocycles. The molecule has 0 bridgehead atoms. The van der Waals surface area contributed by atoms with E-state index in [-0.39, 0.29) is 11.2 Å². The van der Waals surface area contributed by atoms with Crippen LogP contribution < -0.4 is 11.2 Å². The van der Waals surface area contributed by atoms with Crippen LogP contribution in [0.4, 0.5) is 0 Å². The first kappa shape index (κ1) is 14.3. The van der Waals surface area contributed by atoms with Crippen molar-refractivity contribution in [3.8, 4) is 0 Å². The molecule has 1 saturated carbocycles. The van der Waals surface area contributed by atoms with Crippen LogP contribution in [0.2, 0.25) is 0 Å². The fourth-order valence-electron chi connectivity index (χ4n) is 3.33. The van der Waals surface area contributed by atoms with Gasteiger partial charge in [0.05, 0.1) is 0 Å². The van der Waals surface area contributed by atoms with E-state index in [1.165, 1.54) is 43.7 Å². The van der Waals surface area contributed by atoms with E-state index in [1.807, 2.05) is 4.57 Å². The summed E-state index contributed by atoms with van der Waals surface area (Å²) in [6.45, 7) is 0.777. The van der Waals surface area contributed by atoms with Crippen LogP contribution in [0.1, 0.15) is 32.1 Å². The van der Waals surface area contributed by atoms with Gasteiger partial charge in [0, 0.05) is 20.6 Å². The number of hydrogen-bond acceptors (Lipinski definition) is 3. The molecule has 7 heteroatoms. The monoisotopic (exact) mass is 308 g/mol. The zero-order valence-electron chi connectivity index (χ0n) is 12.4. The molecule has 0 amide bonds. The maximum absolute atomic E-state index is 12.2. The van der Waals surface area contributed by atoms with Gasteiger partial charge in [-0.15, -0.1) is 0 Å². The molecule has 2 aromatic heterocycles. The van der Waals surface area contributed by atoms with E-state index in [2.05, 4.69) is 4.98 Å². The Hall–Kier alpha value is -1.63. The van der Waals surface area contributed by atoms with Gasteiger partial charge in [0.25, 0.3) is 5.56 Å². The first-order valence-corrected chi connectivity index (χ1v) is 7.80. The zero-order chi connectivity index (χ0) is 15.1. The van der Waals surface area contributed by atoms with Gasteiger partial charge in [-0.2, -0.15) is 0 Å². The Bertz CT molecular complexity index is 849. The van der Waals surface area contributed by atoms with Crippen molar-refractivity contribution in [3.63, 3.8) is 0 Å². The Morgan fingerprint density at radius 2 is 1.81 bits per heavy atom. The quantitative estimate of drug-likeness (QED) is 0.859. The number of nitrogens with one attached hydrogen (secondary N) is 1. The summed E-state index contributed by atoms with van der Waals surface area (Å²) in [4.78, 5) is 27.3. The molecule has 3 rings (SSSR count). The molecule has 1 aliphatic rings. The highest BCUT2D eigenvalue weighted by Crippen LogP contribution is 2.26. The van der Waals surface area contributed by atoms with Gasteiger partial charge in [0.1, 0.15) is 11.2 Å². The molecule has 2 aromatic rings. The molecule has 21 heavy (non-hydrogen) atoms. The van der Waals surface area contributed by atoms with Crippen molar-refractivity contribution >= 4 is 23.4 Å². The van der Waals surface area contributed by atoms with Crippen molar-refractivity contribution < 1.29 is 0 Å². The minimum atomic E-state index is -0.320. The van der Waals surface area contributed by atoms with Crippen molar-refractivity contribution in [1.82, 2.24) is 18.7 Å². The lowest BCUT2D eigenvalue weighted by molar-refractivity contribution is 0.320. The third-order valence-electron chi connectivity index (χ3n) is 4.53. The van der Waals surface area contributed by atoms with Crippen LogP contribution in [-0.2, 0) is 20.6 Å². The normalized spacial score (nSPS) is 16.7. The summed E-state index contributed by atoms with van der Waals surface area (Å²) in [5.74, 6) is 0.573. The molecule has 6 nitrogen and oxygen atoms in total. The van der Waals surface area contributed by atoms with Gasteiger partial charge in [-0.1, -0.05) is 19.3 Å². The standard InChI is InChI=1S/C14H20N4O2S/c1-16-11-10(12(19)17(2)14(16)20)15-13(21)18(11)8-9-6-4-3-5-7-9/h9H,3-8H2,1-2H3,(H,15,21). The van der Waals surface area contributed by atoms with Gasteiger partial charge in [-0.3, -0.25) is 13.9 Å². The summed E-state index contributed by atoms with van der Waals surface area (Å²) < 4.78 is 5.06. The van der Waals surface area contributed by atoms with Gasteiger partial charge >= 0.3 is 5.69 Å². The molecule has 0 aromatic carbocycles. The predicted octanol–water partition coefficient (Wildman–Crippen LogP) is 1.68. The number of aromatic nitrogens is 4. The molecule has 1 fully saturated rings. The molecule has 0 radical (unpaired) electrons. The van der Waals surface area contributed by atoms with E-state index < -0.39 is 0 Å². The fourth-order valence-corrected chi connectivity index (χ4v) is 3.59. The van der Waals surface area contributed by atoms with E-state index in [0.717, 1.165) is 11.1 Å². The summed E-state index contributed by atoms with van der Waals surface area (Å²) in [5, 5.41) is 0. The SMILES string of the molecule is Cn1c(=O)c2[nH]c(=S)n(CC3CCCCC3)c2n(C)c1=O. The third kappa shape index (κ3) is 2.29. The number of imidazole rings is 1. The molecule has 0 saturated heterocycles. The van der Waals surface area contributed by atoms with Crippen molar-refractivity contribution in [2.45, 2.75) is 38.6 Å². The Morgan fingerprint density at radius 3 is 2.48 bits per heavy atom. The average Bonchev–Trinajstić information content (AvgIpc) is 2.81. The van der Waals surface area contributed by atoms with Crippen LogP contribution in [0, 0.1) is 10.7 Å². The van der Waals surface area contributed by atoms with Crippen LogP contribution in [0.15, 0.2) is 9.59 Å². The van der Waals surface area contributed by atoms with Crippen molar-refractivity contribution in [3.05, 3.63) is 25.6 Å². The van der Waals surface area contributed by atoms with Crippen molar-refractivity contribution in [2.24, 2.45) is 20.0 Å². The van der Waals surface area contributed by atoms with E-state index >= 15 is 0 Å². The summed E-state index contributed by atoms with van der Waals surface area (Å²) in [6, 6.07) is 0. The van der Waals surface area contributed by atoms with E-state index in [9.17, 15) is 9.59 Å². The third-order valence-corrected chi connectivity index (χ3v) is 4.85. The number of aromatic amines is 1. The second-order valence-corrected chi connectivity index (χ2v) is 6.34. The summed E-state index contributed by atoms with van der Waals surface area (Å²) in [6.07, 6.45) is 6.18. The zero-order valence-corrected chi connectivity index (χ0v) is 13.2. The second-order valence-electron chi connectivity index (χ2n) is 5.95. The topological polar surface area (TPSA) is 64.7 Å². The lowest BCUT2D eigenvalue weighted by atomic mass is 9.89. The predicted molar refractivity (Wildman–Crippen MR) is 84.2 cm³/mol. The minimum absolute atomic E-state index is 0.318. The molecule has 0 spiro atoms. The number of aryl methyl sites for hydroxylation is 1. The van der Waals surface area contributed by atoms with E-state index in [0.29, 0.717) is 21.9 Å². The number of H-pyrrole nitrogens is 1. The highest BCUT2D eigenvalue weighted by molar-refractivity contribution is 7.71. The smallest absolute Gasteiger partial charge is 0.325 e. The maximum atomic E-state index is 12.2. The van der Waals surface area contributed by atoms with Crippen LogP contribution in [0.3, 0.4) is 0 Å². The molecule has 1 N–H and O–H groups in total. The molecular weight excluding hydrogens is 288 g/mol. The minimum Gasteiger partial charge on any atom is -0.325 e. The van der Waals surface area contributed by atoms with E-state index in [4.69, 9.17) is 12.2 Å². The van der Waals surface area contributed by atoms with Crippen molar-refractivity contribution in [2.75, 3.05) is 0 Å². The van der Waals surface area contributed by atoms with Crippen LogP contribution in [0.5, 0.6) is 0 Å². The summed E-state index contributed by atoms with van der Waals surface area (Å²) >= 11 is 5.37. The van der Waals surface area contributed by atoms with Gasteiger partial charge in [-0.05, 0) is 31.0 Å². The number of nitrogens with zero attached hydrogens (tertiary/aromatic N) is 3. The lowest BCUT2D eigenvalue weighted by Gasteiger charge is -2.22. The molecule has 0 unspecified atom stereocenters.